The lowest BCUT2D eigenvalue weighted by Crippen LogP contribution is -2.44. The Morgan fingerprint density at radius 3 is 2.72 bits per heavy atom. The van der Waals surface area contributed by atoms with Crippen molar-refractivity contribution < 1.29 is 9.90 Å². The minimum Gasteiger partial charge on any atom is -0.476 e. The summed E-state index contributed by atoms with van der Waals surface area (Å²) >= 11 is 5.88. The molecule has 1 saturated heterocycles. The number of hydrogen-bond donors (Lipinski definition) is 3. The average molecular weight is 452 g/mol. The number of aryl methyl sites for hydroxylation is 1. The molecule has 0 saturated carbocycles. The fourth-order valence-corrected chi connectivity index (χ4v) is 4.00. The fourth-order valence-electron chi connectivity index (χ4n) is 3.85. The Balaban J connectivity index is 1.80. The first-order chi connectivity index (χ1) is 15.4. The van der Waals surface area contributed by atoms with Crippen molar-refractivity contribution in [3.8, 4) is 6.07 Å². The van der Waals surface area contributed by atoms with E-state index in [1.807, 2.05) is 26.0 Å². The van der Waals surface area contributed by atoms with Crippen LogP contribution in [0.3, 0.4) is 0 Å². The maximum Gasteiger partial charge on any atom is 0.356 e. The number of hydrogen-bond acceptors (Lipinski definition) is 8. The highest BCUT2D eigenvalue weighted by Gasteiger charge is 2.22. The smallest absolute Gasteiger partial charge is 0.356 e. The largest absolute Gasteiger partial charge is 0.476 e. The summed E-state index contributed by atoms with van der Waals surface area (Å²) in [6.07, 6.45) is 0. The van der Waals surface area contributed by atoms with Crippen LogP contribution in [0.15, 0.2) is 24.3 Å². The number of carboxylic acid groups (broad SMARTS) is 1. The van der Waals surface area contributed by atoms with E-state index in [0.717, 1.165) is 37.3 Å². The van der Waals surface area contributed by atoms with Gasteiger partial charge in [-0.25, -0.2) is 19.7 Å². The molecule has 0 spiro atoms. The Labute approximate surface area is 190 Å². The number of anilines is 2. The van der Waals surface area contributed by atoms with Crippen LogP contribution in [0.2, 0.25) is 5.15 Å². The molecule has 2 aromatic heterocycles. The molecular formula is C22H22ClN7O2. The molecule has 164 valence electrons. The molecule has 10 heteroatoms. The van der Waals surface area contributed by atoms with Crippen molar-refractivity contribution in [2.24, 2.45) is 0 Å². The molecule has 1 atom stereocenters. The highest BCUT2D eigenvalue weighted by molar-refractivity contribution is 6.29. The van der Waals surface area contributed by atoms with Gasteiger partial charge < -0.3 is 20.6 Å². The summed E-state index contributed by atoms with van der Waals surface area (Å²) in [5.74, 6) is -0.603. The summed E-state index contributed by atoms with van der Waals surface area (Å²) < 4.78 is 0. The maximum absolute atomic E-state index is 11.6. The minimum absolute atomic E-state index is 0.108. The van der Waals surface area contributed by atoms with Crippen molar-refractivity contribution in [3.05, 3.63) is 51.9 Å². The number of nitrogens with zero attached hydrogens (tertiary/aromatic N) is 5. The SMILES string of the molecule is Cc1cc([C@@H](C)Nc2ccc(Cl)nc2C(=O)O)c2nc(N3CCNCC3)c(C#N)nc2c1. The zero-order valence-corrected chi connectivity index (χ0v) is 18.4. The van der Waals surface area contributed by atoms with Gasteiger partial charge in [-0.15, -0.1) is 0 Å². The van der Waals surface area contributed by atoms with E-state index in [1.54, 1.807) is 12.1 Å². The standard InChI is InChI=1S/C22H22ClN7O2/c1-12-9-14(13(2)26-15-3-4-18(23)28-20(15)22(31)32)19-16(10-12)27-17(11-24)21(29-19)30-7-5-25-6-8-30/h3-4,9-10,13,25-26H,5-8H2,1-2H3,(H,31,32)/t13-/m1/s1. The van der Waals surface area contributed by atoms with Crippen LogP contribution in [0, 0.1) is 18.3 Å². The summed E-state index contributed by atoms with van der Waals surface area (Å²) in [4.78, 5) is 27.1. The Kier molecular flexibility index (Phi) is 6.08. The van der Waals surface area contributed by atoms with Gasteiger partial charge in [0, 0.05) is 31.7 Å². The third-order valence-corrected chi connectivity index (χ3v) is 5.56. The summed E-state index contributed by atoms with van der Waals surface area (Å²) in [5.41, 5.74) is 3.60. The van der Waals surface area contributed by atoms with Gasteiger partial charge in [-0.2, -0.15) is 5.26 Å². The second kappa shape index (κ2) is 8.94. The molecule has 9 nitrogen and oxygen atoms in total. The van der Waals surface area contributed by atoms with Gasteiger partial charge in [0.05, 0.1) is 22.8 Å². The van der Waals surface area contributed by atoms with Gasteiger partial charge in [-0.05, 0) is 37.6 Å². The number of fused-ring (bicyclic) bond motifs is 1. The van der Waals surface area contributed by atoms with Crippen LogP contribution < -0.4 is 15.5 Å². The fraction of sp³-hybridized carbons (Fsp3) is 0.318. The number of pyridine rings is 1. The molecular weight excluding hydrogens is 430 g/mol. The number of nitriles is 1. The number of carbonyl (C=O) groups is 1. The van der Waals surface area contributed by atoms with Gasteiger partial charge in [-0.3, -0.25) is 0 Å². The van der Waals surface area contributed by atoms with Gasteiger partial charge in [0.15, 0.2) is 17.2 Å². The van der Waals surface area contributed by atoms with E-state index in [4.69, 9.17) is 16.6 Å². The zero-order valence-electron chi connectivity index (χ0n) is 17.7. The molecule has 0 amide bonds. The second-order valence-corrected chi connectivity index (χ2v) is 8.06. The van der Waals surface area contributed by atoms with Crippen molar-refractivity contribution in [2.45, 2.75) is 19.9 Å². The highest BCUT2D eigenvalue weighted by atomic mass is 35.5. The molecule has 1 aromatic carbocycles. The van der Waals surface area contributed by atoms with E-state index in [-0.39, 0.29) is 16.9 Å². The number of piperazine rings is 1. The van der Waals surface area contributed by atoms with Crippen LogP contribution in [-0.2, 0) is 0 Å². The lowest BCUT2D eigenvalue weighted by Gasteiger charge is -2.29. The molecule has 1 fully saturated rings. The predicted octanol–water partition coefficient (Wildman–Crippen LogP) is 3.14. The third kappa shape index (κ3) is 4.28. The van der Waals surface area contributed by atoms with Crippen LogP contribution >= 0.6 is 11.6 Å². The normalized spacial score (nSPS) is 14.8. The number of benzene rings is 1. The molecule has 4 rings (SSSR count). The third-order valence-electron chi connectivity index (χ3n) is 5.35. The number of aromatic nitrogens is 3. The predicted molar refractivity (Wildman–Crippen MR) is 122 cm³/mol. The van der Waals surface area contributed by atoms with Crippen LogP contribution in [0.25, 0.3) is 11.0 Å². The van der Waals surface area contributed by atoms with Crippen molar-refractivity contribution in [1.82, 2.24) is 20.3 Å². The van der Waals surface area contributed by atoms with E-state index in [9.17, 15) is 15.2 Å². The Morgan fingerprint density at radius 1 is 1.28 bits per heavy atom. The van der Waals surface area contributed by atoms with Crippen LogP contribution in [-0.4, -0.2) is 52.2 Å². The van der Waals surface area contributed by atoms with Crippen LogP contribution in [0.5, 0.6) is 0 Å². The van der Waals surface area contributed by atoms with Gasteiger partial charge in [0.2, 0.25) is 0 Å². The van der Waals surface area contributed by atoms with E-state index >= 15 is 0 Å². The summed E-state index contributed by atoms with van der Waals surface area (Å²) in [6.45, 7) is 6.96. The first-order valence-electron chi connectivity index (χ1n) is 10.2. The van der Waals surface area contributed by atoms with E-state index in [0.29, 0.717) is 28.2 Å². The van der Waals surface area contributed by atoms with Crippen LogP contribution in [0.4, 0.5) is 11.5 Å². The second-order valence-electron chi connectivity index (χ2n) is 7.67. The molecule has 0 aliphatic carbocycles. The van der Waals surface area contributed by atoms with Crippen LogP contribution in [0.1, 0.15) is 40.3 Å². The Bertz CT molecular complexity index is 1240. The first-order valence-corrected chi connectivity index (χ1v) is 10.6. The quantitative estimate of drug-likeness (QED) is 0.501. The Morgan fingerprint density at radius 2 is 2.03 bits per heavy atom. The van der Waals surface area contributed by atoms with E-state index < -0.39 is 5.97 Å². The maximum atomic E-state index is 11.6. The number of carboxylic acids is 1. The molecule has 1 aliphatic heterocycles. The zero-order chi connectivity index (χ0) is 22.8. The average Bonchev–Trinajstić information content (AvgIpc) is 2.79. The lowest BCUT2D eigenvalue weighted by atomic mass is 10.0. The van der Waals surface area contributed by atoms with Crippen molar-refractivity contribution >= 4 is 40.1 Å². The molecule has 3 N–H and O–H groups in total. The molecule has 1 aliphatic rings. The van der Waals surface area contributed by atoms with Gasteiger partial charge in [-0.1, -0.05) is 17.7 Å². The Hall–Kier alpha value is -3.48. The highest BCUT2D eigenvalue weighted by Crippen LogP contribution is 2.30. The van der Waals surface area contributed by atoms with E-state index in [2.05, 4.69) is 31.6 Å². The monoisotopic (exact) mass is 451 g/mol. The molecule has 3 heterocycles. The minimum atomic E-state index is -1.17. The molecule has 3 aromatic rings. The van der Waals surface area contributed by atoms with Crippen molar-refractivity contribution in [3.63, 3.8) is 0 Å². The van der Waals surface area contributed by atoms with Gasteiger partial charge in [0.1, 0.15) is 11.2 Å². The van der Waals surface area contributed by atoms with E-state index in [1.165, 1.54) is 0 Å². The lowest BCUT2D eigenvalue weighted by molar-refractivity contribution is 0.0691. The number of nitrogens with one attached hydrogen (secondary N) is 2. The van der Waals surface area contributed by atoms with Crippen molar-refractivity contribution in [2.75, 3.05) is 36.4 Å². The summed E-state index contributed by atoms with van der Waals surface area (Å²) in [6, 6.07) is 8.90. The number of aromatic carboxylic acids is 1. The summed E-state index contributed by atoms with van der Waals surface area (Å²) in [5, 5.41) is 25.8. The molecule has 0 unspecified atom stereocenters. The van der Waals surface area contributed by atoms with Crippen molar-refractivity contribution in [1.29, 1.82) is 5.26 Å². The molecule has 0 radical (unpaired) electrons. The molecule has 0 bridgehead atoms. The summed E-state index contributed by atoms with van der Waals surface area (Å²) in [7, 11) is 0. The van der Waals surface area contributed by atoms with Gasteiger partial charge >= 0.3 is 5.97 Å². The van der Waals surface area contributed by atoms with Gasteiger partial charge in [0.25, 0.3) is 0 Å². The molecule has 32 heavy (non-hydrogen) atoms. The number of halogens is 1. The topological polar surface area (TPSA) is 127 Å². The first kappa shape index (κ1) is 21.7. The number of rotatable bonds is 5.